The van der Waals surface area contributed by atoms with Gasteiger partial charge in [0, 0.05) is 22.9 Å². The highest BCUT2D eigenvalue weighted by atomic mass is 35.5. The first-order valence-electron chi connectivity index (χ1n) is 9.39. The van der Waals surface area contributed by atoms with E-state index < -0.39 is 0 Å². The molecule has 2 aliphatic heterocycles. The Labute approximate surface area is 183 Å². The van der Waals surface area contributed by atoms with Gasteiger partial charge < -0.3 is 4.74 Å². The Balaban J connectivity index is 1.67. The number of nitrogens with zero attached hydrogens (tertiary/aromatic N) is 1. The molecule has 4 rings (SSSR count). The standard InChI is InChI=1S/C22H19Cl2NO3S/c23-15-8-9-17(18(24)11-15)19-20(29-13-14-5-2-1-3-6-14)22(27)25(21(19)26)12-16-7-4-10-28-16/h1-3,5-6,8-9,11,16H,4,7,10,12-13H2. The molecule has 0 spiro atoms. The van der Waals surface area contributed by atoms with Crippen molar-refractivity contribution in [3.63, 3.8) is 0 Å². The van der Waals surface area contributed by atoms with Gasteiger partial charge in [0.2, 0.25) is 0 Å². The fourth-order valence-corrected chi connectivity index (χ4v) is 5.09. The first-order chi connectivity index (χ1) is 14.0. The maximum atomic E-state index is 13.2. The van der Waals surface area contributed by atoms with Crippen molar-refractivity contribution in [2.75, 3.05) is 13.2 Å². The Bertz CT molecular complexity index is 971. The van der Waals surface area contributed by atoms with Crippen LogP contribution in [0.5, 0.6) is 0 Å². The molecular formula is C22H19Cl2NO3S. The van der Waals surface area contributed by atoms with Crippen LogP contribution in [0.15, 0.2) is 53.4 Å². The Kier molecular flexibility index (Phi) is 6.30. The van der Waals surface area contributed by atoms with E-state index in [0.29, 0.717) is 38.4 Å². The average Bonchev–Trinajstić information content (AvgIpc) is 3.30. The molecule has 2 aromatic rings. The molecule has 150 valence electrons. The van der Waals surface area contributed by atoms with Gasteiger partial charge in [0.05, 0.1) is 28.1 Å². The molecule has 1 atom stereocenters. The van der Waals surface area contributed by atoms with Crippen LogP contribution in [0.4, 0.5) is 0 Å². The van der Waals surface area contributed by atoms with Crippen molar-refractivity contribution in [1.29, 1.82) is 0 Å². The highest BCUT2D eigenvalue weighted by Gasteiger charge is 2.41. The van der Waals surface area contributed by atoms with E-state index in [-0.39, 0.29) is 24.5 Å². The number of hydrogen-bond acceptors (Lipinski definition) is 4. The second-order valence-corrected chi connectivity index (χ2v) is 8.79. The second kappa shape index (κ2) is 8.92. The lowest BCUT2D eigenvalue weighted by molar-refractivity contribution is -0.138. The first-order valence-corrected chi connectivity index (χ1v) is 11.1. The number of ether oxygens (including phenoxy) is 1. The van der Waals surface area contributed by atoms with Gasteiger partial charge in [0.15, 0.2) is 0 Å². The topological polar surface area (TPSA) is 46.6 Å². The molecule has 4 nitrogen and oxygen atoms in total. The van der Waals surface area contributed by atoms with Gasteiger partial charge in [-0.15, -0.1) is 11.8 Å². The van der Waals surface area contributed by atoms with Crippen LogP contribution in [0, 0.1) is 0 Å². The van der Waals surface area contributed by atoms with E-state index >= 15 is 0 Å². The lowest BCUT2D eigenvalue weighted by Crippen LogP contribution is -2.37. The number of hydrogen-bond donors (Lipinski definition) is 0. The van der Waals surface area contributed by atoms with Crippen molar-refractivity contribution in [2.24, 2.45) is 0 Å². The largest absolute Gasteiger partial charge is 0.376 e. The molecule has 1 fully saturated rings. The van der Waals surface area contributed by atoms with Crippen LogP contribution in [0.2, 0.25) is 10.0 Å². The van der Waals surface area contributed by atoms with Gasteiger partial charge in [0.25, 0.3) is 11.8 Å². The molecule has 0 N–H and O–H groups in total. The highest BCUT2D eigenvalue weighted by molar-refractivity contribution is 8.03. The van der Waals surface area contributed by atoms with Crippen molar-refractivity contribution in [2.45, 2.75) is 24.7 Å². The molecule has 0 saturated carbocycles. The molecule has 1 unspecified atom stereocenters. The van der Waals surface area contributed by atoms with Gasteiger partial charge in [-0.25, -0.2) is 0 Å². The van der Waals surface area contributed by atoms with Gasteiger partial charge >= 0.3 is 0 Å². The molecule has 7 heteroatoms. The molecule has 1 saturated heterocycles. The Morgan fingerprint density at radius 1 is 1.07 bits per heavy atom. The molecule has 29 heavy (non-hydrogen) atoms. The SMILES string of the molecule is O=C1C(SCc2ccccc2)=C(c2ccc(Cl)cc2Cl)C(=O)N1CC1CCCO1. The zero-order valence-corrected chi connectivity index (χ0v) is 17.9. The summed E-state index contributed by atoms with van der Waals surface area (Å²) in [5.74, 6) is -0.0322. The average molecular weight is 448 g/mol. The fourth-order valence-electron chi connectivity index (χ4n) is 3.50. The molecule has 2 aromatic carbocycles. The van der Waals surface area contributed by atoms with Gasteiger partial charge in [-0.3, -0.25) is 14.5 Å². The number of halogens is 2. The van der Waals surface area contributed by atoms with Crippen molar-refractivity contribution in [3.05, 3.63) is 74.6 Å². The zero-order valence-electron chi connectivity index (χ0n) is 15.6. The Morgan fingerprint density at radius 2 is 1.86 bits per heavy atom. The molecule has 2 amide bonds. The molecule has 0 aromatic heterocycles. The second-order valence-electron chi connectivity index (χ2n) is 6.96. The van der Waals surface area contributed by atoms with Crippen molar-refractivity contribution in [3.8, 4) is 0 Å². The Morgan fingerprint density at radius 3 is 2.55 bits per heavy atom. The third-order valence-electron chi connectivity index (χ3n) is 4.96. The predicted molar refractivity (Wildman–Crippen MR) is 117 cm³/mol. The van der Waals surface area contributed by atoms with Crippen LogP contribution in [0.3, 0.4) is 0 Å². The van der Waals surface area contributed by atoms with Crippen LogP contribution < -0.4 is 0 Å². The van der Waals surface area contributed by atoms with Gasteiger partial charge in [-0.05, 0) is 30.5 Å². The molecule has 0 bridgehead atoms. The number of imide groups is 1. The highest BCUT2D eigenvalue weighted by Crippen LogP contribution is 2.40. The predicted octanol–water partition coefficient (Wildman–Crippen LogP) is 5.19. The molecular weight excluding hydrogens is 429 g/mol. The minimum Gasteiger partial charge on any atom is -0.376 e. The van der Waals surface area contributed by atoms with Crippen molar-refractivity contribution in [1.82, 2.24) is 4.90 Å². The van der Waals surface area contributed by atoms with Crippen LogP contribution >= 0.6 is 35.0 Å². The summed E-state index contributed by atoms with van der Waals surface area (Å²) >= 11 is 13.8. The molecule has 2 aliphatic rings. The molecule has 0 aliphatic carbocycles. The van der Waals surface area contributed by atoms with E-state index in [1.165, 1.54) is 16.7 Å². The van der Waals surface area contributed by atoms with Crippen LogP contribution in [-0.2, 0) is 20.1 Å². The fraction of sp³-hybridized carbons (Fsp3) is 0.273. The van der Waals surface area contributed by atoms with E-state index in [1.54, 1.807) is 18.2 Å². The van der Waals surface area contributed by atoms with Gasteiger partial charge in [0.1, 0.15) is 0 Å². The van der Waals surface area contributed by atoms with Gasteiger partial charge in [-0.2, -0.15) is 0 Å². The summed E-state index contributed by atoms with van der Waals surface area (Å²) in [6.45, 7) is 0.932. The van der Waals surface area contributed by atoms with Gasteiger partial charge in [-0.1, -0.05) is 59.6 Å². The summed E-state index contributed by atoms with van der Waals surface area (Å²) in [5, 5.41) is 0.830. The van der Waals surface area contributed by atoms with E-state index in [1.807, 2.05) is 30.3 Å². The molecule has 0 radical (unpaired) electrons. The quantitative estimate of drug-likeness (QED) is 0.571. The number of carbonyl (C=O) groups is 2. The minimum absolute atomic E-state index is 0.108. The van der Waals surface area contributed by atoms with E-state index in [0.717, 1.165) is 18.4 Å². The van der Waals surface area contributed by atoms with Crippen LogP contribution in [0.1, 0.15) is 24.0 Å². The number of amides is 2. The third-order valence-corrected chi connectivity index (χ3v) is 6.66. The van der Waals surface area contributed by atoms with Crippen LogP contribution in [0.25, 0.3) is 5.57 Å². The lowest BCUT2D eigenvalue weighted by atomic mass is 10.1. The van der Waals surface area contributed by atoms with E-state index in [4.69, 9.17) is 27.9 Å². The maximum absolute atomic E-state index is 13.2. The monoisotopic (exact) mass is 447 g/mol. The number of rotatable bonds is 6. The zero-order chi connectivity index (χ0) is 20.4. The van der Waals surface area contributed by atoms with Crippen molar-refractivity contribution >= 4 is 52.4 Å². The molecule has 2 heterocycles. The summed E-state index contributed by atoms with van der Waals surface area (Å²) in [5.41, 5.74) is 1.94. The summed E-state index contributed by atoms with van der Waals surface area (Å²) in [4.78, 5) is 28.2. The summed E-state index contributed by atoms with van der Waals surface area (Å²) in [7, 11) is 0. The summed E-state index contributed by atoms with van der Waals surface area (Å²) in [6.07, 6.45) is 1.68. The first kappa shape index (κ1) is 20.5. The van der Waals surface area contributed by atoms with Crippen LogP contribution in [-0.4, -0.2) is 36.0 Å². The summed E-state index contributed by atoms with van der Waals surface area (Å²) < 4.78 is 5.64. The lowest BCUT2D eigenvalue weighted by Gasteiger charge is -2.19. The number of benzene rings is 2. The number of thioether (sulfide) groups is 1. The Hall–Kier alpha value is -1.79. The van der Waals surface area contributed by atoms with Crippen molar-refractivity contribution < 1.29 is 14.3 Å². The maximum Gasteiger partial charge on any atom is 0.268 e. The summed E-state index contributed by atoms with van der Waals surface area (Å²) in [6, 6.07) is 14.8. The third kappa shape index (κ3) is 4.38. The minimum atomic E-state index is -0.328. The smallest absolute Gasteiger partial charge is 0.268 e. The number of carbonyl (C=O) groups excluding carboxylic acids is 2. The van der Waals surface area contributed by atoms with E-state index in [9.17, 15) is 9.59 Å². The van der Waals surface area contributed by atoms with E-state index in [2.05, 4.69) is 0 Å². The normalized spacial score (nSPS) is 19.5.